The van der Waals surface area contributed by atoms with E-state index in [0.29, 0.717) is 0 Å². The van der Waals surface area contributed by atoms with Crippen LogP contribution >= 0.6 is 11.3 Å². The zero-order valence-corrected chi connectivity index (χ0v) is 9.19. The summed E-state index contributed by atoms with van der Waals surface area (Å²) in [5, 5.41) is 2.69. The van der Waals surface area contributed by atoms with Gasteiger partial charge in [-0.05, 0) is 12.1 Å². The lowest BCUT2D eigenvalue weighted by atomic mass is 10.3. The predicted octanol–water partition coefficient (Wildman–Crippen LogP) is 2.94. The van der Waals surface area contributed by atoms with Crippen LogP contribution in [0.2, 0.25) is 0 Å². The largest absolute Gasteiger partial charge is 0.335 e. The van der Waals surface area contributed by atoms with E-state index in [1.807, 2.05) is 47.7 Å². The molecule has 0 aliphatic carbocycles. The molecule has 0 N–H and O–H groups in total. The average Bonchev–Trinajstić information content (AvgIpc) is 2.80. The number of nitrogens with zero attached hydrogens (tertiary/aromatic N) is 3. The van der Waals surface area contributed by atoms with Crippen molar-refractivity contribution < 1.29 is 0 Å². The molecule has 0 radical (unpaired) electrons. The van der Waals surface area contributed by atoms with Gasteiger partial charge >= 0.3 is 0 Å². The first kappa shape index (κ1) is 9.86. The predicted molar refractivity (Wildman–Crippen MR) is 65.1 cm³/mol. The van der Waals surface area contributed by atoms with E-state index in [1.54, 1.807) is 12.5 Å². The molecule has 0 unspecified atom stereocenters. The molecule has 1 aromatic carbocycles. The van der Waals surface area contributed by atoms with Crippen LogP contribution in [0.3, 0.4) is 0 Å². The number of anilines is 1. The van der Waals surface area contributed by atoms with Gasteiger partial charge in [-0.15, -0.1) is 11.3 Å². The lowest BCUT2D eigenvalue weighted by Crippen LogP contribution is -2.13. The second-order valence-corrected chi connectivity index (χ2v) is 3.88. The zero-order valence-electron chi connectivity index (χ0n) is 8.37. The van der Waals surface area contributed by atoms with Gasteiger partial charge in [0.15, 0.2) is 0 Å². The van der Waals surface area contributed by atoms with Crippen molar-refractivity contribution in [2.75, 3.05) is 11.9 Å². The highest BCUT2D eigenvalue weighted by Crippen LogP contribution is 2.15. The van der Waals surface area contributed by atoms with Crippen molar-refractivity contribution >= 4 is 28.5 Å². The van der Waals surface area contributed by atoms with E-state index in [2.05, 4.69) is 9.98 Å². The van der Waals surface area contributed by atoms with Crippen LogP contribution in [0, 0.1) is 0 Å². The Morgan fingerprint density at radius 2 is 2.13 bits per heavy atom. The number of hydrogen-bond donors (Lipinski definition) is 0. The van der Waals surface area contributed by atoms with Gasteiger partial charge in [-0.1, -0.05) is 18.2 Å². The normalized spacial score (nSPS) is 10.7. The quantitative estimate of drug-likeness (QED) is 0.584. The summed E-state index contributed by atoms with van der Waals surface area (Å²) in [5.41, 5.74) is 1.11. The molecule has 3 nitrogen and oxygen atoms in total. The van der Waals surface area contributed by atoms with Crippen LogP contribution in [-0.4, -0.2) is 18.4 Å². The highest BCUT2D eigenvalue weighted by molar-refractivity contribution is 7.13. The number of thiazole rings is 1. The molecule has 0 saturated carbocycles. The highest BCUT2D eigenvalue weighted by Gasteiger charge is 1.95. The Kier molecular flexibility index (Phi) is 3.09. The number of para-hydroxylation sites is 1. The summed E-state index contributed by atoms with van der Waals surface area (Å²) in [7, 11) is 1.96. The minimum atomic E-state index is 0.776. The molecule has 15 heavy (non-hydrogen) atoms. The van der Waals surface area contributed by atoms with Gasteiger partial charge < -0.3 is 4.90 Å². The van der Waals surface area contributed by atoms with Gasteiger partial charge in [-0.3, -0.25) is 0 Å². The average molecular weight is 217 g/mol. The smallest absolute Gasteiger partial charge is 0.210 e. The van der Waals surface area contributed by atoms with E-state index in [-0.39, 0.29) is 0 Å². The van der Waals surface area contributed by atoms with E-state index in [4.69, 9.17) is 0 Å². The molecule has 0 atom stereocenters. The fraction of sp³-hybridized carbons (Fsp3) is 0.0909. The molecule has 76 valence electrons. The minimum Gasteiger partial charge on any atom is -0.335 e. The molecule has 4 heteroatoms. The second kappa shape index (κ2) is 4.70. The van der Waals surface area contributed by atoms with E-state index in [1.165, 1.54) is 11.3 Å². The fourth-order valence-corrected chi connectivity index (χ4v) is 1.62. The molecular formula is C11H11N3S. The number of hydrogen-bond acceptors (Lipinski definition) is 3. The van der Waals surface area contributed by atoms with Gasteiger partial charge in [0.2, 0.25) is 5.13 Å². The molecule has 2 aromatic rings. The van der Waals surface area contributed by atoms with Crippen LogP contribution in [0.25, 0.3) is 0 Å². The van der Waals surface area contributed by atoms with E-state index >= 15 is 0 Å². The van der Waals surface area contributed by atoms with Crippen LogP contribution in [0.4, 0.5) is 10.8 Å². The van der Waals surface area contributed by atoms with E-state index < -0.39 is 0 Å². The van der Waals surface area contributed by atoms with Crippen LogP contribution in [0.15, 0.2) is 46.9 Å². The molecule has 0 amide bonds. The maximum Gasteiger partial charge on any atom is 0.210 e. The van der Waals surface area contributed by atoms with E-state index in [9.17, 15) is 0 Å². The molecule has 1 heterocycles. The van der Waals surface area contributed by atoms with Crippen LogP contribution < -0.4 is 4.90 Å². The van der Waals surface area contributed by atoms with Crippen molar-refractivity contribution in [2.45, 2.75) is 0 Å². The second-order valence-electron chi connectivity index (χ2n) is 3.01. The van der Waals surface area contributed by atoms with Gasteiger partial charge in [0.25, 0.3) is 0 Å². The Bertz CT molecular complexity index is 422. The molecular weight excluding hydrogens is 206 g/mol. The van der Waals surface area contributed by atoms with Crippen molar-refractivity contribution in [2.24, 2.45) is 4.99 Å². The third-order valence-electron chi connectivity index (χ3n) is 1.92. The fourth-order valence-electron chi connectivity index (χ4n) is 1.15. The van der Waals surface area contributed by atoms with Crippen LogP contribution in [0.1, 0.15) is 0 Å². The van der Waals surface area contributed by atoms with Crippen molar-refractivity contribution in [3.05, 3.63) is 41.9 Å². The Morgan fingerprint density at radius 1 is 1.33 bits per heavy atom. The van der Waals surface area contributed by atoms with Crippen molar-refractivity contribution in [3.8, 4) is 0 Å². The number of benzene rings is 1. The maximum atomic E-state index is 4.25. The summed E-state index contributed by atoms with van der Waals surface area (Å²) in [4.78, 5) is 10.3. The minimum absolute atomic E-state index is 0.776. The van der Waals surface area contributed by atoms with Crippen molar-refractivity contribution in [1.29, 1.82) is 0 Å². The Balaban J connectivity index is 2.07. The lowest BCUT2D eigenvalue weighted by molar-refractivity contribution is 1.27. The Hall–Kier alpha value is -1.68. The first-order chi connectivity index (χ1) is 7.36. The summed E-state index contributed by atoms with van der Waals surface area (Å²) in [6.45, 7) is 0. The number of aromatic nitrogens is 1. The SMILES string of the molecule is CN(/C=N\c1nccs1)c1ccccc1. The molecule has 2 rings (SSSR count). The van der Waals surface area contributed by atoms with E-state index in [0.717, 1.165) is 10.8 Å². The zero-order chi connectivity index (χ0) is 10.5. The van der Waals surface area contributed by atoms with Gasteiger partial charge in [-0.25, -0.2) is 9.98 Å². The molecule has 0 aliphatic heterocycles. The van der Waals surface area contributed by atoms with Gasteiger partial charge in [0, 0.05) is 24.3 Å². The molecule has 0 bridgehead atoms. The third kappa shape index (κ3) is 2.63. The topological polar surface area (TPSA) is 28.5 Å². The summed E-state index contributed by atoms with van der Waals surface area (Å²) in [6.07, 6.45) is 3.52. The highest BCUT2D eigenvalue weighted by atomic mass is 32.1. The molecule has 0 spiro atoms. The summed E-state index contributed by atoms with van der Waals surface area (Å²) in [5.74, 6) is 0. The first-order valence-electron chi connectivity index (χ1n) is 4.58. The lowest BCUT2D eigenvalue weighted by Gasteiger charge is -2.11. The summed E-state index contributed by atoms with van der Waals surface area (Å²) < 4.78 is 0. The third-order valence-corrected chi connectivity index (χ3v) is 2.60. The van der Waals surface area contributed by atoms with Crippen molar-refractivity contribution in [1.82, 2.24) is 4.98 Å². The number of rotatable bonds is 3. The van der Waals surface area contributed by atoms with Gasteiger partial charge in [-0.2, -0.15) is 0 Å². The molecule has 0 aliphatic rings. The summed E-state index contributed by atoms with van der Waals surface area (Å²) in [6, 6.07) is 10.1. The summed E-state index contributed by atoms with van der Waals surface area (Å²) >= 11 is 1.52. The van der Waals surface area contributed by atoms with Crippen molar-refractivity contribution in [3.63, 3.8) is 0 Å². The first-order valence-corrected chi connectivity index (χ1v) is 5.46. The van der Waals surface area contributed by atoms with Gasteiger partial charge in [0.05, 0.1) is 6.34 Å². The van der Waals surface area contributed by atoms with Crippen LogP contribution in [0.5, 0.6) is 0 Å². The van der Waals surface area contributed by atoms with Crippen LogP contribution in [-0.2, 0) is 0 Å². The van der Waals surface area contributed by atoms with Gasteiger partial charge in [0.1, 0.15) is 0 Å². The number of aliphatic imine (C=N–C) groups is 1. The Labute approximate surface area is 92.7 Å². The Morgan fingerprint density at radius 3 is 2.80 bits per heavy atom. The molecule has 0 fully saturated rings. The molecule has 1 aromatic heterocycles. The monoisotopic (exact) mass is 217 g/mol. The maximum absolute atomic E-state index is 4.25. The molecule has 0 saturated heterocycles. The standard InChI is InChI=1S/C11H11N3S/c1-14(10-5-3-2-4-6-10)9-13-11-12-7-8-15-11/h2-9H,1H3/b13-9-.